The number of methoxy groups -OCH3 is 1. The Hall–Kier alpha value is -1.62. The molecule has 18 heavy (non-hydrogen) atoms. The molecule has 1 aromatic carbocycles. The van der Waals surface area contributed by atoms with E-state index < -0.39 is 5.41 Å². The lowest BCUT2D eigenvalue weighted by atomic mass is 9.89. The van der Waals surface area contributed by atoms with E-state index in [1.807, 2.05) is 24.3 Å². The molecule has 0 spiro atoms. The molecule has 0 aliphatic heterocycles. The first-order valence-corrected chi connectivity index (χ1v) is 6.16. The molecule has 0 saturated heterocycles. The number of para-hydroxylation sites is 2. The van der Waals surface area contributed by atoms with Gasteiger partial charge in [0.15, 0.2) is 0 Å². The number of benzene rings is 1. The molecule has 0 aliphatic carbocycles. The van der Waals surface area contributed by atoms with E-state index in [-0.39, 0.29) is 5.97 Å². The highest BCUT2D eigenvalue weighted by Gasteiger charge is 2.37. The van der Waals surface area contributed by atoms with Crippen LogP contribution in [0.25, 0.3) is 11.0 Å². The summed E-state index contributed by atoms with van der Waals surface area (Å²) in [7, 11) is 1.36. The van der Waals surface area contributed by atoms with Gasteiger partial charge in [-0.2, -0.15) is 12.6 Å². The zero-order valence-electron chi connectivity index (χ0n) is 10.3. The fourth-order valence-corrected chi connectivity index (χ4v) is 1.99. The van der Waals surface area contributed by atoms with Gasteiger partial charge in [0, 0.05) is 5.75 Å². The van der Waals surface area contributed by atoms with Crippen LogP contribution in [0.4, 0.5) is 0 Å². The van der Waals surface area contributed by atoms with Crippen LogP contribution in [0.1, 0.15) is 12.6 Å². The summed E-state index contributed by atoms with van der Waals surface area (Å²) in [5, 5.41) is 0. The Kier molecular flexibility index (Phi) is 3.52. The van der Waals surface area contributed by atoms with Crippen molar-refractivity contribution in [1.29, 1.82) is 0 Å². The Morgan fingerprint density at radius 3 is 2.67 bits per heavy atom. The highest BCUT2D eigenvalue weighted by atomic mass is 32.1. The third kappa shape index (κ3) is 2.06. The van der Waals surface area contributed by atoms with Crippen LogP contribution in [0.3, 0.4) is 0 Å². The second kappa shape index (κ2) is 4.94. The highest BCUT2D eigenvalue weighted by molar-refractivity contribution is 7.80. The lowest BCUT2D eigenvalue weighted by Crippen LogP contribution is -2.36. The largest absolute Gasteiger partial charge is 0.468 e. The SMILES string of the molecule is COC(=O)C(C)(CS)c1cnc2ccccc2n1. The number of ether oxygens (including phenoxy) is 1. The van der Waals surface area contributed by atoms with E-state index >= 15 is 0 Å². The molecule has 0 aliphatic rings. The Morgan fingerprint density at radius 1 is 1.39 bits per heavy atom. The van der Waals surface area contributed by atoms with Crippen LogP contribution in [0.2, 0.25) is 0 Å². The number of hydrogen-bond donors (Lipinski definition) is 1. The molecular formula is C13H14N2O2S. The molecule has 0 bridgehead atoms. The number of carbonyl (C=O) groups excluding carboxylic acids is 1. The van der Waals surface area contributed by atoms with Gasteiger partial charge in [0.05, 0.1) is 30.0 Å². The summed E-state index contributed by atoms with van der Waals surface area (Å²) in [6, 6.07) is 7.52. The highest BCUT2D eigenvalue weighted by Crippen LogP contribution is 2.25. The number of aromatic nitrogens is 2. The number of hydrogen-bond acceptors (Lipinski definition) is 5. The second-order valence-corrected chi connectivity index (χ2v) is 4.54. The van der Waals surface area contributed by atoms with E-state index in [0.717, 1.165) is 11.0 Å². The van der Waals surface area contributed by atoms with Crippen LogP contribution in [0.15, 0.2) is 30.5 Å². The number of carbonyl (C=O) groups is 1. The number of nitrogens with zero attached hydrogens (tertiary/aromatic N) is 2. The number of fused-ring (bicyclic) bond motifs is 1. The second-order valence-electron chi connectivity index (χ2n) is 4.23. The molecule has 5 heteroatoms. The first kappa shape index (κ1) is 12.8. The average molecular weight is 262 g/mol. The van der Waals surface area contributed by atoms with Gasteiger partial charge in [-0.15, -0.1) is 0 Å². The monoisotopic (exact) mass is 262 g/mol. The first-order valence-electron chi connectivity index (χ1n) is 5.53. The van der Waals surface area contributed by atoms with Gasteiger partial charge < -0.3 is 4.74 Å². The maximum atomic E-state index is 11.9. The predicted molar refractivity (Wildman–Crippen MR) is 72.8 cm³/mol. The summed E-state index contributed by atoms with van der Waals surface area (Å²) >= 11 is 4.23. The Bertz CT molecular complexity index is 588. The topological polar surface area (TPSA) is 52.1 Å². The number of esters is 1. The van der Waals surface area contributed by atoms with Crippen molar-refractivity contribution < 1.29 is 9.53 Å². The fraction of sp³-hybridized carbons (Fsp3) is 0.308. The van der Waals surface area contributed by atoms with Crippen LogP contribution in [-0.2, 0) is 14.9 Å². The molecule has 1 unspecified atom stereocenters. The molecule has 2 rings (SSSR count). The normalized spacial score (nSPS) is 14.2. The third-order valence-corrected chi connectivity index (χ3v) is 3.60. The molecule has 2 aromatic rings. The van der Waals surface area contributed by atoms with Crippen LogP contribution in [0, 0.1) is 0 Å². The summed E-state index contributed by atoms with van der Waals surface area (Å²) in [6.45, 7) is 1.75. The standard InChI is InChI=1S/C13H14N2O2S/c1-13(8-18,12(16)17-2)11-7-14-9-5-3-4-6-10(9)15-11/h3-7,18H,8H2,1-2H3. The minimum Gasteiger partial charge on any atom is -0.468 e. The fourth-order valence-electron chi connectivity index (χ4n) is 1.70. The van der Waals surface area contributed by atoms with Crippen molar-refractivity contribution >= 4 is 29.6 Å². The number of rotatable bonds is 3. The minimum atomic E-state index is -0.880. The van der Waals surface area contributed by atoms with Gasteiger partial charge in [0.2, 0.25) is 0 Å². The maximum Gasteiger partial charge on any atom is 0.318 e. The maximum absolute atomic E-state index is 11.9. The van der Waals surface area contributed by atoms with Gasteiger partial charge in [0.25, 0.3) is 0 Å². The van der Waals surface area contributed by atoms with Crippen molar-refractivity contribution in [2.45, 2.75) is 12.3 Å². The third-order valence-electron chi connectivity index (χ3n) is 2.97. The van der Waals surface area contributed by atoms with E-state index in [2.05, 4.69) is 22.6 Å². The van der Waals surface area contributed by atoms with Crippen molar-refractivity contribution in [2.24, 2.45) is 0 Å². The molecular weight excluding hydrogens is 248 g/mol. The summed E-state index contributed by atoms with van der Waals surface area (Å²) < 4.78 is 4.82. The molecule has 0 fully saturated rings. The van der Waals surface area contributed by atoms with Gasteiger partial charge in [-0.25, -0.2) is 4.98 Å². The lowest BCUT2D eigenvalue weighted by Gasteiger charge is -2.23. The van der Waals surface area contributed by atoms with Gasteiger partial charge in [0.1, 0.15) is 5.41 Å². The first-order chi connectivity index (χ1) is 8.61. The summed E-state index contributed by atoms with van der Waals surface area (Å²) in [6.07, 6.45) is 1.61. The van der Waals surface area contributed by atoms with Crippen molar-refractivity contribution in [3.05, 3.63) is 36.2 Å². The molecule has 1 atom stereocenters. The molecule has 4 nitrogen and oxygen atoms in total. The molecule has 0 saturated carbocycles. The van der Waals surface area contributed by atoms with Crippen LogP contribution in [-0.4, -0.2) is 28.8 Å². The van der Waals surface area contributed by atoms with Crippen LogP contribution in [0.5, 0.6) is 0 Å². The van der Waals surface area contributed by atoms with Crippen LogP contribution >= 0.6 is 12.6 Å². The molecule has 1 aromatic heterocycles. The predicted octanol–water partition coefficient (Wildman–Crippen LogP) is 1.99. The van der Waals surface area contributed by atoms with Crippen molar-refractivity contribution in [2.75, 3.05) is 12.9 Å². The van der Waals surface area contributed by atoms with Crippen molar-refractivity contribution in [3.8, 4) is 0 Å². The number of thiol groups is 1. The molecule has 0 amide bonds. The van der Waals surface area contributed by atoms with Gasteiger partial charge in [-0.1, -0.05) is 12.1 Å². The summed E-state index contributed by atoms with van der Waals surface area (Å²) in [5.74, 6) is -0.0470. The van der Waals surface area contributed by atoms with Gasteiger partial charge in [-0.3, -0.25) is 9.78 Å². The van der Waals surface area contributed by atoms with Crippen molar-refractivity contribution in [3.63, 3.8) is 0 Å². The summed E-state index contributed by atoms with van der Waals surface area (Å²) in [5.41, 5.74) is 1.25. The molecule has 1 heterocycles. The Labute approximate surface area is 111 Å². The van der Waals surface area contributed by atoms with Gasteiger partial charge >= 0.3 is 5.97 Å². The lowest BCUT2D eigenvalue weighted by molar-refractivity contribution is -0.146. The summed E-state index contributed by atoms with van der Waals surface area (Å²) in [4.78, 5) is 20.6. The van der Waals surface area contributed by atoms with Gasteiger partial charge in [-0.05, 0) is 19.1 Å². The van der Waals surface area contributed by atoms with E-state index in [4.69, 9.17) is 4.74 Å². The molecule has 94 valence electrons. The van der Waals surface area contributed by atoms with Crippen LogP contribution < -0.4 is 0 Å². The molecule has 0 radical (unpaired) electrons. The van der Waals surface area contributed by atoms with E-state index in [1.54, 1.807) is 13.1 Å². The zero-order valence-corrected chi connectivity index (χ0v) is 11.1. The Morgan fingerprint density at radius 2 is 2.06 bits per heavy atom. The smallest absolute Gasteiger partial charge is 0.318 e. The average Bonchev–Trinajstić information content (AvgIpc) is 2.44. The quantitative estimate of drug-likeness (QED) is 0.679. The van der Waals surface area contributed by atoms with Crippen molar-refractivity contribution in [1.82, 2.24) is 9.97 Å². The zero-order chi connectivity index (χ0) is 13.2. The minimum absolute atomic E-state index is 0.312. The van der Waals surface area contributed by atoms with E-state index in [1.165, 1.54) is 7.11 Å². The Balaban J connectivity index is 2.55. The van der Waals surface area contributed by atoms with E-state index in [0.29, 0.717) is 11.4 Å². The van der Waals surface area contributed by atoms with E-state index in [9.17, 15) is 4.79 Å². The molecule has 0 N–H and O–H groups in total.